The van der Waals surface area contributed by atoms with E-state index in [1.54, 1.807) is 11.3 Å². The van der Waals surface area contributed by atoms with E-state index in [-0.39, 0.29) is 31.8 Å². The van der Waals surface area contributed by atoms with Gasteiger partial charge in [0.2, 0.25) is 0 Å². The van der Waals surface area contributed by atoms with E-state index in [2.05, 4.69) is 9.88 Å². The molecular weight excluding hydrogens is 324 g/mol. The fourth-order valence-corrected chi connectivity index (χ4v) is 3.57. The fourth-order valence-electron chi connectivity index (χ4n) is 2.96. The zero-order chi connectivity index (χ0) is 16.4. The van der Waals surface area contributed by atoms with E-state index in [1.807, 2.05) is 12.3 Å². The van der Waals surface area contributed by atoms with Crippen LogP contribution in [-0.4, -0.2) is 65.5 Å². The minimum atomic E-state index is -2.64. The van der Waals surface area contributed by atoms with Gasteiger partial charge in [0.25, 0.3) is 11.8 Å². The molecule has 0 radical (unpaired) electrons. The number of morpholine rings is 1. The van der Waals surface area contributed by atoms with Crippen LogP contribution in [-0.2, 0) is 16.1 Å². The lowest BCUT2D eigenvalue weighted by Gasteiger charge is -2.37. The van der Waals surface area contributed by atoms with Gasteiger partial charge in [-0.3, -0.25) is 9.69 Å². The Morgan fingerprint density at radius 2 is 2.17 bits per heavy atom. The van der Waals surface area contributed by atoms with E-state index in [4.69, 9.17) is 4.74 Å². The molecule has 1 amide bonds. The minimum absolute atomic E-state index is 0.108. The van der Waals surface area contributed by atoms with Gasteiger partial charge in [0.1, 0.15) is 6.10 Å². The molecule has 0 bridgehead atoms. The number of aryl methyl sites for hydroxylation is 1. The lowest BCUT2D eigenvalue weighted by Crippen LogP contribution is -2.53. The number of aromatic nitrogens is 1. The molecule has 1 aromatic heterocycles. The third kappa shape index (κ3) is 4.24. The van der Waals surface area contributed by atoms with Crippen molar-refractivity contribution in [3.8, 4) is 0 Å². The highest BCUT2D eigenvalue weighted by atomic mass is 32.1. The number of hydrogen-bond acceptors (Lipinski definition) is 5. The van der Waals surface area contributed by atoms with Crippen LogP contribution >= 0.6 is 11.3 Å². The molecule has 0 saturated carbocycles. The molecule has 0 spiro atoms. The molecule has 1 atom stereocenters. The van der Waals surface area contributed by atoms with Crippen LogP contribution in [0.5, 0.6) is 0 Å². The largest absolute Gasteiger partial charge is 0.366 e. The van der Waals surface area contributed by atoms with Crippen molar-refractivity contribution in [3.63, 3.8) is 0 Å². The number of rotatable bonds is 3. The Morgan fingerprint density at radius 3 is 2.83 bits per heavy atom. The molecule has 0 N–H and O–H groups in total. The van der Waals surface area contributed by atoms with Gasteiger partial charge in [-0.2, -0.15) is 0 Å². The van der Waals surface area contributed by atoms with Gasteiger partial charge in [-0.05, 0) is 6.92 Å². The molecule has 0 aromatic carbocycles. The first-order valence-corrected chi connectivity index (χ1v) is 8.72. The van der Waals surface area contributed by atoms with Crippen molar-refractivity contribution in [1.82, 2.24) is 14.8 Å². The molecule has 8 heteroatoms. The van der Waals surface area contributed by atoms with Crippen molar-refractivity contribution in [2.75, 3.05) is 32.8 Å². The summed E-state index contributed by atoms with van der Waals surface area (Å²) in [5, 5.41) is 3.05. The summed E-state index contributed by atoms with van der Waals surface area (Å²) >= 11 is 1.61. The third-order valence-electron chi connectivity index (χ3n) is 4.28. The number of nitrogens with zero attached hydrogens (tertiary/aromatic N) is 3. The summed E-state index contributed by atoms with van der Waals surface area (Å²) in [4.78, 5) is 20.6. The summed E-state index contributed by atoms with van der Waals surface area (Å²) in [5.41, 5.74) is 0.998. The first-order chi connectivity index (χ1) is 10.9. The smallest absolute Gasteiger partial charge is 0.253 e. The average Bonchev–Trinajstić information content (AvgIpc) is 2.92. The van der Waals surface area contributed by atoms with Crippen molar-refractivity contribution in [2.45, 2.75) is 38.3 Å². The van der Waals surface area contributed by atoms with Crippen molar-refractivity contribution in [1.29, 1.82) is 0 Å². The monoisotopic (exact) mass is 345 g/mol. The Kier molecular flexibility index (Phi) is 4.93. The summed E-state index contributed by atoms with van der Waals surface area (Å²) in [7, 11) is 0. The predicted octanol–water partition coefficient (Wildman–Crippen LogP) is 1.91. The second-order valence-corrected chi connectivity index (χ2v) is 7.20. The maximum atomic E-state index is 13.2. The Balaban J connectivity index is 1.54. The zero-order valence-corrected chi connectivity index (χ0v) is 14.0. The second-order valence-electron chi connectivity index (χ2n) is 6.13. The normalized spacial score (nSPS) is 25.5. The summed E-state index contributed by atoms with van der Waals surface area (Å²) in [6, 6.07) is 0. The van der Waals surface area contributed by atoms with E-state index in [0.717, 1.165) is 17.2 Å². The molecule has 3 rings (SSSR count). The number of alkyl halides is 2. The van der Waals surface area contributed by atoms with Gasteiger partial charge in [0.05, 0.1) is 17.3 Å². The topological polar surface area (TPSA) is 45.7 Å². The van der Waals surface area contributed by atoms with Gasteiger partial charge in [-0.1, -0.05) is 0 Å². The van der Waals surface area contributed by atoms with Crippen molar-refractivity contribution in [2.24, 2.45) is 0 Å². The number of likely N-dealkylation sites (tertiary alicyclic amines) is 1. The molecule has 128 valence electrons. The van der Waals surface area contributed by atoms with Crippen molar-refractivity contribution >= 4 is 17.2 Å². The average molecular weight is 345 g/mol. The van der Waals surface area contributed by atoms with E-state index in [9.17, 15) is 13.6 Å². The molecule has 2 aliphatic rings. The molecule has 1 unspecified atom stereocenters. The van der Waals surface area contributed by atoms with Crippen molar-refractivity contribution in [3.05, 3.63) is 16.1 Å². The van der Waals surface area contributed by atoms with Gasteiger partial charge in [-0.25, -0.2) is 13.8 Å². The number of carbonyl (C=O) groups excluding carboxylic acids is 1. The zero-order valence-electron chi connectivity index (χ0n) is 13.1. The molecule has 1 aromatic rings. The van der Waals surface area contributed by atoms with E-state index >= 15 is 0 Å². The Hall–Kier alpha value is -1.12. The molecule has 2 fully saturated rings. The highest BCUT2D eigenvalue weighted by Crippen LogP contribution is 2.28. The van der Waals surface area contributed by atoms with Gasteiger partial charge < -0.3 is 9.64 Å². The van der Waals surface area contributed by atoms with Crippen LogP contribution in [0.3, 0.4) is 0 Å². The van der Waals surface area contributed by atoms with Crippen molar-refractivity contribution < 1.29 is 18.3 Å². The maximum absolute atomic E-state index is 13.2. The van der Waals surface area contributed by atoms with Crippen LogP contribution in [0.1, 0.15) is 23.5 Å². The molecule has 2 aliphatic heterocycles. The first kappa shape index (κ1) is 16.7. The summed E-state index contributed by atoms with van der Waals surface area (Å²) < 4.78 is 32.0. The second kappa shape index (κ2) is 6.78. The molecule has 2 saturated heterocycles. The van der Waals surface area contributed by atoms with E-state index in [0.29, 0.717) is 19.7 Å². The predicted molar refractivity (Wildman–Crippen MR) is 82.6 cm³/mol. The number of carbonyl (C=O) groups is 1. The summed E-state index contributed by atoms with van der Waals surface area (Å²) in [5.74, 6) is -2.81. The third-order valence-corrected chi connectivity index (χ3v) is 5.11. The number of thiazole rings is 1. The fraction of sp³-hybridized carbons (Fsp3) is 0.733. The highest BCUT2D eigenvalue weighted by Gasteiger charge is 2.38. The molecule has 23 heavy (non-hydrogen) atoms. The summed E-state index contributed by atoms with van der Waals surface area (Å²) in [6.07, 6.45) is -1.07. The Bertz CT molecular complexity index is 557. The van der Waals surface area contributed by atoms with Crippen LogP contribution in [0.25, 0.3) is 0 Å². The van der Waals surface area contributed by atoms with Gasteiger partial charge >= 0.3 is 0 Å². The van der Waals surface area contributed by atoms with Crippen LogP contribution < -0.4 is 0 Å². The van der Waals surface area contributed by atoms with Crippen LogP contribution in [0.4, 0.5) is 8.78 Å². The van der Waals surface area contributed by atoms with Crippen LogP contribution in [0.2, 0.25) is 0 Å². The summed E-state index contributed by atoms with van der Waals surface area (Å²) in [6.45, 7) is 4.58. The maximum Gasteiger partial charge on any atom is 0.253 e. The number of piperidine rings is 1. The number of hydrogen-bond donors (Lipinski definition) is 0. The lowest BCUT2D eigenvalue weighted by molar-refractivity contribution is -0.155. The standard InChI is InChI=1S/C15H21F2N3O2S/c1-11-18-12(10-23-11)8-19-6-7-22-13(9-19)14(21)20-4-2-15(16,17)3-5-20/h10,13H,2-9H2,1H3. The van der Waals surface area contributed by atoms with Crippen LogP contribution in [0.15, 0.2) is 5.38 Å². The quantitative estimate of drug-likeness (QED) is 0.840. The van der Waals surface area contributed by atoms with Gasteiger partial charge in [0.15, 0.2) is 0 Å². The number of amides is 1. The van der Waals surface area contributed by atoms with Gasteiger partial charge in [-0.15, -0.1) is 11.3 Å². The van der Waals surface area contributed by atoms with E-state index in [1.165, 1.54) is 4.90 Å². The van der Waals surface area contributed by atoms with E-state index < -0.39 is 12.0 Å². The minimum Gasteiger partial charge on any atom is -0.366 e. The lowest BCUT2D eigenvalue weighted by atomic mass is 10.1. The molecule has 5 nitrogen and oxygen atoms in total. The first-order valence-electron chi connectivity index (χ1n) is 7.84. The highest BCUT2D eigenvalue weighted by molar-refractivity contribution is 7.09. The number of ether oxygens (including phenoxy) is 1. The Morgan fingerprint density at radius 1 is 1.43 bits per heavy atom. The van der Waals surface area contributed by atoms with Crippen LogP contribution in [0, 0.1) is 6.92 Å². The molecule has 0 aliphatic carbocycles. The van der Waals surface area contributed by atoms with Gasteiger partial charge in [0, 0.05) is 50.9 Å². The molecular formula is C15H21F2N3O2S. The SMILES string of the molecule is Cc1nc(CN2CCOC(C(=O)N3CCC(F)(F)CC3)C2)cs1. The Labute approximate surface area is 138 Å². The number of halogens is 2. The molecule has 3 heterocycles.